The van der Waals surface area contributed by atoms with Gasteiger partial charge in [0.15, 0.2) is 0 Å². The van der Waals surface area contributed by atoms with E-state index in [0.29, 0.717) is 12.5 Å². The number of rotatable bonds is 3. The molecule has 1 nitrogen and oxygen atoms in total. The molecule has 0 fully saturated rings. The van der Waals surface area contributed by atoms with Crippen LogP contribution in [0.15, 0.2) is 0 Å². The van der Waals surface area contributed by atoms with Gasteiger partial charge in [-0.3, -0.25) is 0 Å². The van der Waals surface area contributed by atoms with Crippen molar-refractivity contribution in [2.75, 3.05) is 19.1 Å². The third-order valence-corrected chi connectivity index (χ3v) is 0.580. The van der Waals surface area contributed by atoms with Gasteiger partial charge >= 0.3 is 19.8 Å². The first-order valence-electron chi connectivity index (χ1n) is 2.05. The van der Waals surface area contributed by atoms with Crippen LogP contribution in [0.5, 0.6) is 0 Å². The second-order valence-corrected chi connectivity index (χ2v) is 1.26. The third kappa shape index (κ3) is 10.9. The molecule has 0 spiro atoms. The van der Waals surface area contributed by atoms with Crippen LogP contribution in [0.25, 0.3) is 0 Å². The summed E-state index contributed by atoms with van der Waals surface area (Å²) in [5.74, 6) is 0.605. The molecule has 0 aliphatic heterocycles. The standard InChI is InChI=1S/C4H9ClO.Ga.3H/c1-2-6-4-3-5;;;;/h2-4H2,1H3;;;;. The zero-order valence-corrected chi connectivity index (χ0v) is 4.66. The van der Waals surface area contributed by atoms with Gasteiger partial charge in [0.2, 0.25) is 0 Å². The van der Waals surface area contributed by atoms with E-state index >= 15 is 0 Å². The van der Waals surface area contributed by atoms with E-state index in [4.69, 9.17) is 16.3 Å². The molecule has 0 N–H and O–H groups in total. The van der Waals surface area contributed by atoms with Crippen LogP contribution in [-0.4, -0.2) is 38.9 Å². The summed E-state index contributed by atoms with van der Waals surface area (Å²) in [5, 5.41) is 0. The number of hydrogen-bond donors (Lipinski definition) is 0. The molecule has 0 aromatic carbocycles. The van der Waals surface area contributed by atoms with Crippen LogP contribution in [0.4, 0.5) is 0 Å². The molecular weight excluding hydrogens is 169 g/mol. The zero-order valence-electron chi connectivity index (χ0n) is 3.91. The minimum atomic E-state index is 0. The first-order valence-corrected chi connectivity index (χ1v) is 2.59. The molecule has 0 aliphatic rings. The molecule has 0 aliphatic carbocycles. The van der Waals surface area contributed by atoms with Crippen LogP contribution in [0.2, 0.25) is 0 Å². The molecule has 0 radical (unpaired) electrons. The molecule has 7 heavy (non-hydrogen) atoms. The molecule has 0 atom stereocenters. The molecule has 44 valence electrons. The molecule has 0 amide bonds. The van der Waals surface area contributed by atoms with Crippen molar-refractivity contribution >= 4 is 31.4 Å². The van der Waals surface area contributed by atoms with Gasteiger partial charge in [-0.15, -0.1) is 11.6 Å². The summed E-state index contributed by atoms with van der Waals surface area (Å²) in [4.78, 5) is 0. The molecular formula is C4H12ClGaO. The summed E-state index contributed by atoms with van der Waals surface area (Å²) in [6, 6.07) is 0. The Morgan fingerprint density at radius 1 is 1.57 bits per heavy atom. The van der Waals surface area contributed by atoms with Gasteiger partial charge in [0, 0.05) is 12.5 Å². The van der Waals surface area contributed by atoms with Gasteiger partial charge in [0.25, 0.3) is 0 Å². The van der Waals surface area contributed by atoms with Crippen molar-refractivity contribution in [1.29, 1.82) is 0 Å². The van der Waals surface area contributed by atoms with Crippen LogP contribution in [0.3, 0.4) is 0 Å². The average molecular weight is 181 g/mol. The van der Waals surface area contributed by atoms with Gasteiger partial charge in [0.1, 0.15) is 0 Å². The van der Waals surface area contributed by atoms with E-state index in [-0.39, 0.29) is 19.8 Å². The minimum absolute atomic E-state index is 0. The summed E-state index contributed by atoms with van der Waals surface area (Å²) in [6.07, 6.45) is 0. The Bertz CT molecular complexity index is 23.7. The van der Waals surface area contributed by atoms with Crippen molar-refractivity contribution in [1.82, 2.24) is 0 Å². The summed E-state index contributed by atoms with van der Waals surface area (Å²) in [5.41, 5.74) is 0. The van der Waals surface area contributed by atoms with E-state index in [9.17, 15) is 0 Å². The molecule has 3 heteroatoms. The maximum absolute atomic E-state index is 5.26. The number of alkyl halides is 1. The number of hydrogen-bond acceptors (Lipinski definition) is 1. The summed E-state index contributed by atoms with van der Waals surface area (Å²) < 4.78 is 4.85. The first-order chi connectivity index (χ1) is 2.91. The van der Waals surface area contributed by atoms with Crippen molar-refractivity contribution < 1.29 is 4.74 Å². The second kappa shape index (κ2) is 9.99. The van der Waals surface area contributed by atoms with Gasteiger partial charge < -0.3 is 4.74 Å². The Hall–Kier alpha value is 0.886. The van der Waals surface area contributed by atoms with E-state index in [0.717, 1.165) is 6.61 Å². The molecule has 0 heterocycles. The van der Waals surface area contributed by atoms with Crippen LogP contribution in [0.1, 0.15) is 6.92 Å². The SMILES string of the molecule is CCOCCCl.[GaH3]. The Morgan fingerprint density at radius 2 is 2.14 bits per heavy atom. The van der Waals surface area contributed by atoms with Crippen LogP contribution >= 0.6 is 11.6 Å². The van der Waals surface area contributed by atoms with Gasteiger partial charge in [-0.2, -0.15) is 0 Å². The Balaban J connectivity index is 0. The van der Waals surface area contributed by atoms with Crippen LogP contribution in [0, 0.1) is 0 Å². The molecule has 0 saturated heterocycles. The van der Waals surface area contributed by atoms with Gasteiger partial charge in [-0.25, -0.2) is 0 Å². The molecule has 0 bridgehead atoms. The van der Waals surface area contributed by atoms with Crippen molar-refractivity contribution in [3.8, 4) is 0 Å². The monoisotopic (exact) mass is 180 g/mol. The predicted molar refractivity (Wildman–Crippen MR) is 37.2 cm³/mol. The van der Waals surface area contributed by atoms with E-state index in [1.54, 1.807) is 0 Å². The fourth-order valence-corrected chi connectivity index (χ4v) is 0.308. The van der Waals surface area contributed by atoms with Crippen molar-refractivity contribution in [2.24, 2.45) is 0 Å². The number of ether oxygens (including phenoxy) is 1. The van der Waals surface area contributed by atoms with Crippen LogP contribution < -0.4 is 0 Å². The number of halogens is 1. The van der Waals surface area contributed by atoms with Crippen molar-refractivity contribution in [2.45, 2.75) is 6.92 Å². The van der Waals surface area contributed by atoms with E-state index in [1.807, 2.05) is 6.92 Å². The second-order valence-electron chi connectivity index (χ2n) is 0.886. The van der Waals surface area contributed by atoms with Gasteiger partial charge in [-0.05, 0) is 6.92 Å². The molecule has 0 unspecified atom stereocenters. The fourth-order valence-electron chi connectivity index (χ4n) is 0.199. The van der Waals surface area contributed by atoms with E-state index in [2.05, 4.69) is 0 Å². The topological polar surface area (TPSA) is 9.23 Å². The quantitative estimate of drug-likeness (QED) is 0.340. The zero-order chi connectivity index (χ0) is 4.83. The molecule has 0 saturated carbocycles. The predicted octanol–water partition coefficient (Wildman–Crippen LogP) is 0.0778. The first kappa shape index (κ1) is 10.8. The van der Waals surface area contributed by atoms with Crippen LogP contribution in [-0.2, 0) is 4.74 Å². The Labute approximate surface area is 62.4 Å². The average Bonchev–Trinajstić information content (AvgIpc) is 1.61. The maximum atomic E-state index is 5.26. The summed E-state index contributed by atoms with van der Waals surface area (Å²) in [7, 11) is 0. The normalized spacial score (nSPS) is 7.71. The summed E-state index contributed by atoms with van der Waals surface area (Å²) >= 11 is 5.26. The van der Waals surface area contributed by atoms with Gasteiger partial charge in [0.05, 0.1) is 6.61 Å². The molecule has 0 aromatic rings. The molecule has 0 aromatic heterocycles. The summed E-state index contributed by atoms with van der Waals surface area (Å²) in [6.45, 7) is 3.40. The van der Waals surface area contributed by atoms with Crippen molar-refractivity contribution in [3.05, 3.63) is 0 Å². The fraction of sp³-hybridized carbons (Fsp3) is 1.00. The van der Waals surface area contributed by atoms with Crippen molar-refractivity contribution in [3.63, 3.8) is 0 Å². The third-order valence-electron chi connectivity index (χ3n) is 0.426. The van der Waals surface area contributed by atoms with E-state index in [1.165, 1.54) is 0 Å². The van der Waals surface area contributed by atoms with E-state index < -0.39 is 0 Å². The Kier molecular flexibility index (Phi) is 15.4. The Morgan fingerprint density at radius 3 is 2.29 bits per heavy atom. The molecule has 0 rings (SSSR count). The van der Waals surface area contributed by atoms with Gasteiger partial charge in [-0.1, -0.05) is 0 Å².